The molecule has 1 aromatic heterocycles. The zero-order valence-corrected chi connectivity index (χ0v) is 16.6. The molecule has 2 heterocycles. The molecule has 1 saturated heterocycles. The van der Waals surface area contributed by atoms with Gasteiger partial charge >= 0.3 is 0 Å². The maximum absolute atomic E-state index is 13.0. The van der Waals surface area contributed by atoms with Crippen LogP contribution in [0.25, 0.3) is 11.0 Å². The summed E-state index contributed by atoms with van der Waals surface area (Å²) in [5, 5.41) is 4.13. The van der Waals surface area contributed by atoms with Gasteiger partial charge in [-0.25, -0.2) is 0 Å². The number of furan rings is 1. The van der Waals surface area contributed by atoms with Gasteiger partial charge in [0, 0.05) is 24.0 Å². The van der Waals surface area contributed by atoms with Crippen molar-refractivity contribution in [1.29, 1.82) is 0 Å². The third kappa shape index (κ3) is 3.16. The van der Waals surface area contributed by atoms with E-state index >= 15 is 0 Å². The molecular weight excluding hydrogens is 376 g/mol. The molecule has 2 aromatic carbocycles. The van der Waals surface area contributed by atoms with Crippen LogP contribution in [-0.4, -0.2) is 29.8 Å². The van der Waals surface area contributed by atoms with E-state index in [9.17, 15) is 9.59 Å². The van der Waals surface area contributed by atoms with E-state index in [1.165, 1.54) is 0 Å². The zero-order chi connectivity index (χ0) is 19.8. The quantitative estimate of drug-likeness (QED) is 0.662. The highest BCUT2D eigenvalue weighted by molar-refractivity contribution is 6.35. The lowest BCUT2D eigenvalue weighted by Gasteiger charge is -2.19. The molecule has 0 bridgehead atoms. The molecule has 0 saturated carbocycles. The Kier molecular flexibility index (Phi) is 4.85. The number of nitrogens with one attached hydrogen (secondary N) is 1. The van der Waals surface area contributed by atoms with Gasteiger partial charge in [0.2, 0.25) is 0 Å². The van der Waals surface area contributed by atoms with Gasteiger partial charge < -0.3 is 14.6 Å². The van der Waals surface area contributed by atoms with E-state index in [-0.39, 0.29) is 11.7 Å². The normalized spacial score (nSPS) is 13.9. The summed E-state index contributed by atoms with van der Waals surface area (Å²) in [4.78, 5) is 27.8. The van der Waals surface area contributed by atoms with Gasteiger partial charge in [-0.3, -0.25) is 9.59 Å². The van der Waals surface area contributed by atoms with E-state index in [1.807, 2.05) is 43.0 Å². The number of likely N-dealkylation sites (tertiary alicyclic amines) is 1. The van der Waals surface area contributed by atoms with Gasteiger partial charge in [0.15, 0.2) is 11.3 Å². The number of carbonyl (C=O) groups is 2. The van der Waals surface area contributed by atoms with Gasteiger partial charge in [-0.1, -0.05) is 35.9 Å². The summed E-state index contributed by atoms with van der Waals surface area (Å²) in [5.74, 6) is -0.245. The predicted molar refractivity (Wildman–Crippen MR) is 110 cm³/mol. The average molecular weight is 397 g/mol. The number of rotatable bonds is 3. The van der Waals surface area contributed by atoms with Crippen molar-refractivity contribution in [1.82, 2.24) is 4.90 Å². The molecule has 1 fully saturated rings. The van der Waals surface area contributed by atoms with E-state index in [2.05, 4.69) is 5.32 Å². The second-order valence-electron chi connectivity index (χ2n) is 7.12. The maximum atomic E-state index is 13.0. The number of halogens is 1. The van der Waals surface area contributed by atoms with Crippen LogP contribution in [0.4, 0.5) is 5.69 Å². The number of benzene rings is 2. The highest BCUT2D eigenvalue weighted by atomic mass is 35.5. The third-order valence-corrected chi connectivity index (χ3v) is 5.55. The number of para-hydroxylation sites is 1. The second-order valence-corrected chi connectivity index (χ2v) is 7.53. The van der Waals surface area contributed by atoms with Crippen LogP contribution in [0.3, 0.4) is 0 Å². The van der Waals surface area contributed by atoms with E-state index in [0.717, 1.165) is 42.4 Å². The standard InChI is InChI=1S/C22H21ClN2O3/c1-13-7-5-10-17(18(13)22(27)25-11-3-4-12-25)24-21(26)19-14(2)15-8-6-9-16(23)20(15)28-19/h5-10H,3-4,11-12H2,1-2H3,(H,24,26). The summed E-state index contributed by atoms with van der Waals surface area (Å²) < 4.78 is 5.75. The molecule has 0 atom stereocenters. The molecule has 1 aliphatic heterocycles. The SMILES string of the molecule is Cc1cccc(NC(=O)c2oc3c(Cl)cccc3c2C)c1C(=O)N1CCCC1. The zero-order valence-electron chi connectivity index (χ0n) is 15.8. The Bertz CT molecular complexity index is 1080. The topological polar surface area (TPSA) is 62.6 Å². The molecule has 3 aromatic rings. The first-order chi connectivity index (χ1) is 13.5. The lowest BCUT2D eigenvalue weighted by atomic mass is 10.0. The summed E-state index contributed by atoms with van der Waals surface area (Å²) in [5.41, 5.74) is 3.07. The van der Waals surface area contributed by atoms with Crippen LogP contribution >= 0.6 is 11.6 Å². The van der Waals surface area contributed by atoms with Crippen LogP contribution < -0.4 is 5.32 Å². The van der Waals surface area contributed by atoms with Crippen LogP contribution in [0.2, 0.25) is 5.02 Å². The Morgan fingerprint density at radius 1 is 1.07 bits per heavy atom. The van der Waals surface area contributed by atoms with Crippen LogP contribution in [-0.2, 0) is 0 Å². The highest BCUT2D eigenvalue weighted by Gasteiger charge is 2.25. The number of anilines is 1. The molecule has 1 N–H and O–H groups in total. The van der Waals surface area contributed by atoms with Gasteiger partial charge in [-0.15, -0.1) is 0 Å². The molecular formula is C22H21ClN2O3. The molecule has 0 aliphatic carbocycles. The number of fused-ring (bicyclic) bond motifs is 1. The maximum Gasteiger partial charge on any atom is 0.291 e. The molecule has 144 valence electrons. The summed E-state index contributed by atoms with van der Waals surface area (Å²) >= 11 is 6.19. The van der Waals surface area contributed by atoms with Crippen molar-refractivity contribution < 1.29 is 14.0 Å². The molecule has 0 radical (unpaired) electrons. The summed E-state index contributed by atoms with van der Waals surface area (Å²) in [6.07, 6.45) is 2.02. The molecule has 0 unspecified atom stereocenters. The van der Waals surface area contributed by atoms with E-state index in [4.69, 9.17) is 16.0 Å². The monoisotopic (exact) mass is 396 g/mol. The number of aryl methyl sites for hydroxylation is 2. The number of amides is 2. The van der Waals surface area contributed by atoms with Gasteiger partial charge in [0.1, 0.15) is 0 Å². The second kappa shape index (κ2) is 7.32. The third-order valence-electron chi connectivity index (χ3n) is 5.25. The van der Waals surface area contributed by atoms with Gasteiger partial charge in [-0.05, 0) is 44.4 Å². The first-order valence-corrected chi connectivity index (χ1v) is 9.73. The van der Waals surface area contributed by atoms with Crippen molar-refractivity contribution in [3.63, 3.8) is 0 Å². The van der Waals surface area contributed by atoms with Gasteiger partial charge in [0.05, 0.1) is 16.3 Å². The minimum Gasteiger partial charge on any atom is -0.449 e. The van der Waals surface area contributed by atoms with Gasteiger partial charge in [-0.2, -0.15) is 0 Å². The summed E-state index contributed by atoms with van der Waals surface area (Å²) in [6.45, 7) is 5.21. The largest absolute Gasteiger partial charge is 0.449 e. The Labute approximate surface area is 168 Å². The minimum absolute atomic E-state index is 0.0460. The van der Waals surface area contributed by atoms with E-state index in [1.54, 1.807) is 12.1 Å². The number of carbonyl (C=O) groups excluding carboxylic acids is 2. The Morgan fingerprint density at radius 3 is 2.50 bits per heavy atom. The van der Waals surface area contributed by atoms with Crippen molar-refractivity contribution in [3.05, 3.63) is 63.9 Å². The van der Waals surface area contributed by atoms with Gasteiger partial charge in [0.25, 0.3) is 11.8 Å². The minimum atomic E-state index is -0.397. The Morgan fingerprint density at radius 2 is 1.79 bits per heavy atom. The van der Waals surface area contributed by atoms with Crippen LogP contribution in [0, 0.1) is 13.8 Å². The van der Waals surface area contributed by atoms with Crippen LogP contribution in [0.5, 0.6) is 0 Å². The van der Waals surface area contributed by atoms with Crippen molar-refractivity contribution in [2.45, 2.75) is 26.7 Å². The molecule has 28 heavy (non-hydrogen) atoms. The highest BCUT2D eigenvalue weighted by Crippen LogP contribution is 2.31. The van der Waals surface area contributed by atoms with Crippen molar-refractivity contribution in [3.8, 4) is 0 Å². The average Bonchev–Trinajstić information content (AvgIpc) is 3.31. The Balaban J connectivity index is 1.69. The van der Waals surface area contributed by atoms with Crippen LogP contribution in [0.1, 0.15) is 44.9 Å². The fourth-order valence-electron chi connectivity index (χ4n) is 3.74. The summed E-state index contributed by atoms with van der Waals surface area (Å²) in [7, 11) is 0. The van der Waals surface area contributed by atoms with Crippen LogP contribution in [0.15, 0.2) is 40.8 Å². The molecule has 5 nitrogen and oxygen atoms in total. The Hall–Kier alpha value is -2.79. The predicted octanol–water partition coefficient (Wildman–Crippen LogP) is 5.19. The smallest absolute Gasteiger partial charge is 0.291 e. The number of nitrogens with zero attached hydrogens (tertiary/aromatic N) is 1. The number of hydrogen-bond donors (Lipinski definition) is 1. The first-order valence-electron chi connectivity index (χ1n) is 9.35. The molecule has 1 aliphatic rings. The van der Waals surface area contributed by atoms with Crippen molar-refractivity contribution >= 4 is 40.1 Å². The fraction of sp³-hybridized carbons (Fsp3) is 0.273. The summed E-state index contributed by atoms with van der Waals surface area (Å²) in [6, 6.07) is 10.9. The van der Waals surface area contributed by atoms with E-state index in [0.29, 0.717) is 21.9 Å². The fourth-order valence-corrected chi connectivity index (χ4v) is 3.95. The van der Waals surface area contributed by atoms with E-state index < -0.39 is 5.91 Å². The first kappa shape index (κ1) is 18.6. The molecule has 0 spiro atoms. The molecule has 6 heteroatoms. The molecule has 4 rings (SSSR count). The number of hydrogen-bond acceptors (Lipinski definition) is 3. The van der Waals surface area contributed by atoms with Crippen molar-refractivity contribution in [2.24, 2.45) is 0 Å². The molecule has 2 amide bonds. The lowest BCUT2D eigenvalue weighted by Crippen LogP contribution is -2.29. The lowest BCUT2D eigenvalue weighted by molar-refractivity contribution is 0.0793. The van der Waals surface area contributed by atoms with Crippen molar-refractivity contribution in [2.75, 3.05) is 18.4 Å².